The fraction of sp³-hybridized carbons (Fsp3) is 0.333. The van der Waals surface area contributed by atoms with Crippen LogP contribution in [0.15, 0.2) is 24.3 Å². The molecule has 2 aromatic rings. The van der Waals surface area contributed by atoms with Gasteiger partial charge in [-0.25, -0.2) is 0 Å². The molecule has 0 bridgehead atoms. The molecule has 19 heavy (non-hydrogen) atoms. The number of hydrogen-bond donors (Lipinski definition) is 1. The Kier molecular flexibility index (Phi) is 4.43. The lowest BCUT2D eigenvalue weighted by Crippen LogP contribution is -2.03. The van der Waals surface area contributed by atoms with Gasteiger partial charge in [-0.15, -0.1) is 0 Å². The van der Waals surface area contributed by atoms with Crippen LogP contribution in [0, 0.1) is 13.8 Å². The Bertz CT molecular complexity index is 588. The molecular weight excluding hydrogens is 279 g/mol. The van der Waals surface area contributed by atoms with E-state index in [1.807, 2.05) is 12.1 Å². The van der Waals surface area contributed by atoms with Crippen LogP contribution in [0.4, 0.5) is 5.69 Å². The summed E-state index contributed by atoms with van der Waals surface area (Å²) in [5, 5.41) is 4.66. The monoisotopic (exact) mass is 296 g/mol. The van der Waals surface area contributed by atoms with E-state index in [-0.39, 0.29) is 0 Å². The summed E-state index contributed by atoms with van der Waals surface area (Å²) in [5.74, 6) is 0. The van der Waals surface area contributed by atoms with Gasteiger partial charge in [-0.05, 0) is 50.6 Å². The van der Waals surface area contributed by atoms with Crippen molar-refractivity contribution < 1.29 is 0 Å². The average molecular weight is 297 g/mol. The maximum atomic E-state index is 6.15. The molecule has 2 rings (SSSR count). The van der Waals surface area contributed by atoms with Gasteiger partial charge in [0.2, 0.25) is 0 Å². The van der Waals surface area contributed by atoms with Crippen molar-refractivity contribution in [2.24, 2.45) is 0 Å². The van der Waals surface area contributed by atoms with Gasteiger partial charge >= 0.3 is 0 Å². The number of hydrogen-bond acceptors (Lipinski definition) is 1. The van der Waals surface area contributed by atoms with Gasteiger partial charge in [-0.2, -0.15) is 0 Å². The van der Waals surface area contributed by atoms with Crippen molar-refractivity contribution in [3.05, 3.63) is 51.3 Å². The molecule has 4 heteroatoms. The van der Waals surface area contributed by atoms with Gasteiger partial charge in [0.1, 0.15) is 0 Å². The molecule has 0 aliphatic rings. The van der Waals surface area contributed by atoms with Crippen LogP contribution in [-0.4, -0.2) is 4.57 Å². The van der Waals surface area contributed by atoms with Crippen LogP contribution < -0.4 is 5.32 Å². The van der Waals surface area contributed by atoms with Crippen molar-refractivity contribution in [2.75, 3.05) is 5.32 Å². The molecule has 0 aliphatic heterocycles. The van der Waals surface area contributed by atoms with Crippen molar-refractivity contribution in [3.63, 3.8) is 0 Å². The zero-order chi connectivity index (χ0) is 14.0. The first-order valence-electron chi connectivity index (χ1n) is 6.37. The number of halogens is 2. The van der Waals surface area contributed by atoms with E-state index in [1.54, 1.807) is 6.07 Å². The molecule has 1 N–H and O–H groups in total. The number of nitrogens with one attached hydrogen (secondary N) is 1. The van der Waals surface area contributed by atoms with Crippen molar-refractivity contribution in [3.8, 4) is 0 Å². The Balaban J connectivity index is 2.14. The Labute approximate surface area is 124 Å². The van der Waals surface area contributed by atoms with E-state index in [1.165, 1.54) is 17.0 Å². The summed E-state index contributed by atoms with van der Waals surface area (Å²) in [7, 11) is 0. The Morgan fingerprint density at radius 2 is 1.89 bits per heavy atom. The molecular formula is C15H18Cl2N2. The van der Waals surface area contributed by atoms with Crippen molar-refractivity contribution in [2.45, 2.75) is 33.9 Å². The topological polar surface area (TPSA) is 17.0 Å². The zero-order valence-electron chi connectivity index (χ0n) is 11.4. The highest BCUT2D eigenvalue weighted by molar-refractivity contribution is 6.36. The molecule has 0 spiro atoms. The normalized spacial score (nSPS) is 10.8. The molecule has 2 nitrogen and oxygen atoms in total. The minimum atomic E-state index is 0.650. The molecule has 0 radical (unpaired) electrons. The summed E-state index contributed by atoms with van der Waals surface area (Å²) in [6, 6.07) is 7.71. The van der Waals surface area contributed by atoms with E-state index in [4.69, 9.17) is 23.2 Å². The number of anilines is 1. The molecule has 1 heterocycles. The molecule has 1 aromatic heterocycles. The van der Waals surface area contributed by atoms with E-state index in [2.05, 4.69) is 36.7 Å². The van der Waals surface area contributed by atoms with Crippen LogP contribution in [0.1, 0.15) is 23.9 Å². The summed E-state index contributed by atoms with van der Waals surface area (Å²) in [5.41, 5.74) is 4.80. The van der Waals surface area contributed by atoms with Gasteiger partial charge in [-0.1, -0.05) is 23.2 Å². The highest BCUT2D eigenvalue weighted by Gasteiger charge is 2.08. The van der Waals surface area contributed by atoms with Crippen LogP contribution in [0.5, 0.6) is 0 Å². The molecule has 0 fully saturated rings. The first kappa shape index (κ1) is 14.3. The zero-order valence-corrected chi connectivity index (χ0v) is 12.9. The first-order valence-corrected chi connectivity index (χ1v) is 7.13. The Morgan fingerprint density at radius 1 is 1.16 bits per heavy atom. The lowest BCUT2D eigenvalue weighted by atomic mass is 10.2. The van der Waals surface area contributed by atoms with Crippen LogP contribution in [0.25, 0.3) is 0 Å². The van der Waals surface area contributed by atoms with E-state index >= 15 is 0 Å². The van der Waals surface area contributed by atoms with E-state index in [9.17, 15) is 0 Å². The Hall–Kier alpha value is -1.12. The highest BCUT2D eigenvalue weighted by Crippen LogP contribution is 2.26. The SMILES string of the molecule is CCn1c(C)cc(CNc2ccc(Cl)cc2Cl)c1C. The minimum Gasteiger partial charge on any atom is -0.380 e. The average Bonchev–Trinajstić information content (AvgIpc) is 2.63. The van der Waals surface area contributed by atoms with Crippen LogP contribution in [0.3, 0.4) is 0 Å². The smallest absolute Gasteiger partial charge is 0.0652 e. The molecule has 1 aromatic carbocycles. The molecule has 0 aliphatic carbocycles. The summed E-state index contributed by atoms with van der Waals surface area (Å²) in [6.07, 6.45) is 0. The molecule has 102 valence electrons. The quantitative estimate of drug-likeness (QED) is 0.836. The fourth-order valence-corrected chi connectivity index (χ4v) is 2.84. The molecule has 0 saturated heterocycles. The Morgan fingerprint density at radius 3 is 2.47 bits per heavy atom. The van der Waals surface area contributed by atoms with Gasteiger partial charge in [0.25, 0.3) is 0 Å². The first-order chi connectivity index (χ1) is 9.02. The third-order valence-electron chi connectivity index (χ3n) is 3.40. The van der Waals surface area contributed by atoms with E-state index in [0.29, 0.717) is 10.0 Å². The second-order valence-electron chi connectivity index (χ2n) is 4.62. The van der Waals surface area contributed by atoms with Crippen molar-refractivity contribution in [1.29, 1.82) is 0 Å². The lowest BCUT2D eigenvalue weighted by molar-refractivity contribution is 0.715. The maximum absolute atomic E-state index is 6.15. The molecule has 0 unspecified atom stereocenters. The number of nitrogens with zero attached hydrogens (tertiary/aromatic N) is 1. The number of aryl methyl sites for hydroxylation is 1. The lowest BCUT2D eigenvalue weighted by Gasteiger charge is -2.09. The number of aromatic nitrogens is 1. The van der Waals surface area contributed by atoms with E-state index < -0.39 is 0 Å². The number of rotatable bonds is 4. The van der Waals surface area contributed by atoms with Crippen molar-refractivity contribution in [1.82, 2.24) is 4.57 Å². The molecule has 0 amide bonds. The second kappa shape index (κ2) is 5.89. The summed E-state index contributed by atoms with van der Waals surface area (Å²) < 4.78 is 2.31. The summed E-state index contributed by atoms with van der Waals surface area (Å²) >= 11 is 12.0. The molecule has 0 atom stereocenters. The summed E-state index contributed by atoms with van der Waals surface area (Å²) in [4.78, 5) is 0. The summed E-state index contributed by atoms with van der Waals surface area (Å²) in [6.45, 7) is 8.21. The minimum absolute atomic E-state index is 0.650. The third kappa shape index (κ3) is 3.07. The van der Waals surface area contributed by atoms with Gasteiger partial charge in [0.05, 0.1) is 10.7 Å². The van der Waals surface area contributed by atoms with Crippen LogP contribution >= 0.6 is 23.2 Å². The predicted molar refractivity (Wildman–Crippen MR) is 83.4 cm³/mol. The van der Waals surface area contributed by atoms with Gasteiger partial charge < -0.3 is 9.88 Å². The second-order valence-corrected chi connectivity index (χ2v) is 5.46. The van der Waals surface area contributed by atoms with E-state index in [0.717, 1.165) is 18.8 Å². The van der Waals surface area contributed by atoms with Gasteiger partial charge in [0.15, 0.2) is 0 Å². The predicted octanol–water partition coefficient (Wildman–Crippen LogP) is 5.04. The largest absolute Gasteiger partial charge is 0.380 e. The standard InChI is InChI=1S/C15H18Cl2N2/c1-4-19-10(2)7-12(11(19)3)9-18-15-6-5-13(16)8-14(15)17/h5-8,18H,4,9H2,1-3H3. The maximum Gasteiger partial charge on any atom is 0.0652 e. The van der Waals surface area contributed by atoms with Crippen molar-refractivity contribution >= 4 is 28.9 Å². The van der Waals surface area contributed by atoms with Gasteiger partial charge in [-0.3, -0.25) is 0 Å². The third-order valence-corrected chi connectivity index (χ3v) is 3.94. The van der Waals surface area contributed by atoms with Crippen LogP contribution in [0.2, 0.25) is 10.0 Å². The number of benzene rings is 1. The fourth-order valence-electron chi connectivity index (χ4n) is 2.36. The van der Waals surface area contributed by atoms with Gasteiger partial charge in [0, 0.05) is 29.5 Å². The highest BCUT2D eigenvalue weighted by atomic mass is 35.5. The van der Waals surface area contributed by atoms with Crippen LogP contribution in [-0.2, 0) is 13.1 Å². The molecule has 0 saturated carbocycles.